The van der Waals surface area contributed by atoms with E-state index in [4.69, 9.17) is 13.9 Å². The van der Waals surface area contributed by atoms with Crippen molar-refractivity contribution in [2.75, 3.05) is 19.8 Å². The number of piperidine rings is 1. The number of aromatic nitrogens is 1. The molecule has 0 saturated carbocycles. The predicted octanol–water partition coefficient (Wildman–Crippen LogP) is 4.83. The van der Waals surface area contributed by atoms with Gasteiger partial charge in [0.2, 0.25) is 0 Å². The summed E-state index contributed by atoms with van der Waals surface area (Å²) in [6.07, 6.45) is 1.80. The second kappa shape index (κ2) is 8.18. The topological polar surface area (TPSA) is 85.0 Å². The molecule has 2 aliphatic heterocycles. The highest BCUT2D eigenvalue weighted by molar-refractivity contribution is 5.79. The minimum absolute atomic E-state index is 0.00773. The highest BCUT2D eigenvalue weighted by Crippen LogP contribution is 2.45. The van der Waals surface area contributed by atoms with Gasteiger partial charge in [0.05, 0.1) is 30.9 Å². The summed E-state index contributed by atoms with van der Waals surface area (Å²) in [5, 5.41) is 11.7. The van der Waals surface area contributed by atoms with E-state index in [0.717, 1.165) is 5.56 Å². The van der Waals surface area contributed by atoms with E-state index in [1.165, 1.54) is 28.6 Å². The quantitative estimate of drug-likeness (QED) is 0.450. The Morgan fingerprint density at radius 3 is 2.36 bits per heavy atom. The Morgan fingerprint density at radius 2 is 1.67 bits per heavy atom. The molecule has 3 aliphatic rings. The van der Waals surface area contributed by atoms with Crippen LogP contribution in [0.1, 0.15) is 35.4 Å². The third-order valence-electron chi connectivity index (χ3n) is 7.97. The minimum atomic E-state index is -1.08. The average molecular weight is 483 g/mol. The molecule has 36 heavy (non-hydrogen) atoms. The van der Waals surface area contributed by atoms with Gasteiger partial charge in [0.25, 0.3) is 0 Å². The van der Waals surface area contributed by atoms with Gasteiger partial charge < -0.3 is 19.0 Å². The van der Waals surface area contributed by atoms with Crippen molar-refractivity contribution < 1.29 is 23.8 Å². The van der Waals surface area contributed by atoms with Crippen molar-refractivity contribution in [2.45, 2.75) is 36.4 Å². The fraction of sp³-hybridized carbons (Fsp3) is 0.310. The molecule has 4 aromatic rings. The van der Waals surface area contributed by atoms with Crippen molar-refractivity contribution in [3.63, 3.8) is 0 Å². The number of ether oxygens (including phenoxy) is 2. The molecule has 7 heteroatoms. The van der Waals surface area contributed by atoms with Crippen molar-refractivity contribution in [2.24, 2.45) is 0 Å². The highest BCUT2D eigenvalue weighted by Gasteiger charge is 2.49. The normalized spacial score (nSPS) is 25.0. The van der Waals surface area contributed by atoms with Crippen LogP contribution in [0.2, 0.25) is 0 Å². The Balaban J connectivity index is 1.11. The maximum atomic E-state index is 13.4. The van der Waals surface area contributed by atoms with Crippen molar-refractivity contribution in [3.8, 4) is 11.1 Å². The molecule has 0 radical (unpaired) electrons. The zero-order valence-corrected chi connectivity index (χ0v) is 19.7. The number of hydrogen-bond acceptors (Lipinski definition) is 6. The zero-order chi connectivity index (χ0) is 24.3. The van der Waals surface area contributed by atoms with Gasteiger partial charge >= 0.3 is 6.09 Å². The molecule has 2 saturated heterocycles. The number of carbonyl (C=O) groups is 1. The smallest absolute Gasteiger partial charge is 0.410 e. The van der Waals surface area contributed by atoms with Crippen LogP contribution in [0.3, 0.4) is 0 Å². The highest BCUT2D eigenvalue weighted by atomic mass is 16.6. The molecule has 3 heterocycles. The lowest BCUT2D eigenvalue weighted by molar-refractivity contribution is -0.136. The fourth-order valence-corrected chi connectivity index (χ4v) is 6.33. The van der Waals surface area contributed by atoms with Crippen molar-refractivity contribution in [1.29, 1.82) is 0 Å². The number of aliphatic hydroxyl groups is 1. The molecule has 1 aromatic heterocycles. The molecule has 1 aliphatic carbocycles. The second-order valence-corrected chi connectivity index (χ2v) is 10.0. The third-order valence-corrected chi connectivity index (χ3v) is 7.97. The van der Waals surface area contributed by atoms with Gasteiger partial charge in [0, 0.05) is 18.8 Å². The van der Waals surface area contributed by atoms with Gasteiger partial charge in [-0.05, 0) is 39.9 Å². The standard InChI is InChI=1S/C29H26N2O5/c32-28(35-16-25-23-7-3-1-5-21(23)22-6-2-4-8-24(22)25)31-19-12-29(33,13-20(31)15-34-14-19)18-9-10-27-26(11-18)30-17-36-27/h1-11,17,19-20,25,33H,12-16H2. The predicted molar refractivity (Wildman–Crippen MR) is 132 cm³/mol. The first kappa shape index (κ1) is 21.6. The van der Waals surface area contributed by atoms with E-state index in [9.17, 15) is 9.90 Å². The number of amides is 1. The van der Waals surface area contributed by atoms with E-state index in [-0.39, 0.29) is 30.7 Å². The van der Waals surface area contributed by atoms with Crippen LogP contribution in [0, 0.1) is 0 Å². The number of nitrogens with zero attached hydrogens (tertiary/aromatic N) is 2. The lowest BCUT2D eigenvalue weighted by atomic mass is 9.77. The van der Waals surface area contributed by atoms with Crippen LogP contribution in [-0.2, 0) is 15.1 Å². The minimum Gasteiger partial charge on any atom is -0.448 e. The van der Waals surface area contributed by atoms with Gasteiger partial charge in [0.1, 0.15) is 12.1 Å². The van der Waals surface area contributed by atoms with Crippen LogP contribution in [0.5, 0.6) is 0 Å². The number of morpholine rings is 1. The molecular weight excluding hydrogens is 456 g/mol. The first-order valence-electron chi connectivity index (χ1n) is 12.4. The molecule has 182 valence electrons. The molecular formula is C29H26N2O5. The number of hydrogen-bond donors (Lipinski definition) is 1. The summed E-state index contributed by atoms with van der Waals surface area (Å²) in [7, 11) is 0. The maximum absolute atomic E-state index is 13.4. The molecule has 7 rings (SSSR count). The fourth-order valence-electron chi connectivity index (χ4n) is 6.33. The second-order valence-electron chi connectivity index (χ2n) is 10.0. The lowest BCUT2D eigenvalue weighted by Gasteiger charge is -2.51. The summed E-state index contributed by atoms with van der Waals surface area (Å²) in [6, 6.07) is 21.7. The average Bonchev–Trinajstić information content (AvgIpc) is 3.49. The molecule has 2 fully saturated rings. The van der Waals surface area contributed by atoms with E-state index in [0.29, 0.717) is 37.2 Å². The first-order valence-corrected chi connectivity index (χ1v) is 12.4. The van der Waals surface area contributed by atoms with Crippen LogP contribution in [0.15, 0.2) is 77.5 Å². The van der Waals surface area contributed by atoms with E-state index in [1.54, 1.807) is 4.90 Å². The van der Waals surface area contributed by atoms with Gasteiger partial charge in [-0.25, -0.2) is 9.78 Å². The van der Waals surface area contributed by atoms with Crippen molar-refractivity contribution in [1.82, 2.24) is 9.88 Å². The summed E-state index contributed by atoms with van der Waals surface area (Å²) >= 11 is 0. The van der Waals surface area contributed by atoms with E-state index < -0.39 is 5.60 Å². The van der Waals surface area contributed by atoms with Crippen LogP contribution < -0.4 is 0 Å². The van der Waals surface area contributed by atoms with Gasteiger partial charge in [-0.1, -0.05) is 54.6 Å². The number of carbonyl (C=O) groups excluding carboxylic acids is 1. The Hall–Kier alpha value is -3.68. The van der Waals surface area contributed by atoms with Crippen molar-refractivity contribution in [3.05, 3.63) is 89.8 Å². The molecule has 3 aromatic carbocycles. The Labute approximate surface area is 208 Å². The van der Waals surface area contributed by atoms with Gasteiger partial charge in [0.15, 0.2) is 12.0 Å². The third kappa shape index (κ3) is 3.34. The molecule has 7 nitrogen and oxygen atoms in total. The summed E-state index contributed by atoms with van der Waals surface area (Å²) in [5.41, 5.74) is 5.87. The molecule has 2 atom stereocenters. The SMILES string of the molecule is O=C(OCC1c2ccccc2-c2ccccc21)N1C2COCC1CC(O)(c1ccc3ocnc3c1)C2. The van der Waals surface area contributed by atoms with Gasteiger partial charge in [-0.15, -0.1) is 0 Å². The van der Waals surface area contributed by atoms with E-state index in [1.807, 2.05) is 42.5 Å². The molecule has 2 unspecified atom stereocenters. The van der Waals surface area contributed by atoms with Crippen LogP contribution in [-0.4, -0.2) is 53.0 Å². The summed E-state index contributed by atoms with van der Waals surface area (Å²) in [6.45, 7) is 1.02. The molecule has 1 N–H and O–H groups in total. The maximum Gasteiger partial charge on any atom is 0.410 e. The molecule has 1 amide bonds. The van der Waals surface area contributed by atoms with Crippen LogP contribution in [0.4, 0.5) is 4.79 Å². The van der Waals surface area contributed by atoms with Crippen LogP contribution in [0.25, 0.3) is 22.2 Å². The van der Waals surface area contributed by atoms with Gasteiger partial charge in [-0.2, -0.15) is 0 Å². The Bertz CT molecular complexity index is 1400. The zero-order valence-electron chi connectivity index (χ0n) is 19.7. The van der Waals surface area contributed by atoms with E-state index >= 15 is 0 Å². The Kier molecular flexibility index (Phi) is 4.91. The van der Waals surface area contributed by atoms with E-state index in [2.05, 4.69) is 29.2 Å². The molecule has 0 spiro atoms. The van der Waals surface area contributed by atoms with Crippen molar-refractivity contribution >= 4 is 17.2 Å². The summed E-state index contributed by atoms with van der Waals surface area (Å²) < 4.78 is 17.1. The monoisotopic (exact) mass is 482 g/mol. The summed E-state index contributed by atoms with van der Waals surface area (Å²) in [5.74, 6) is 0.00773. The summed E-state index contributed by atoms with van der Waals surface area (Å²) in [4.78, 5) is 19.4. The number of fused-ring (bicyclic) bond motifs is 6. The first-order chi connectivity index (χ1) is 17.6. The van der Waals surface area contributed by atoms with Gasteiger partial charge in [-0.3, -0.25) is 4.90 Å². The number of benzene rings is 3. The molecule has 2 bridgehead atoms. The Morgan fingerprint density at radius 1 is 1.00 bits per heavy atom. The number of rotatable bonds is 3. The lowest BCUT2D eigenvalue weighted by Crippen LogP contribution is -2.62. The largest absolute Gasteiger partial charge is 0.448 e. The van der Waals surface area contributed by atoms with Crippen LogP contribution >= 0.6 is 0 Å². The number of oxazole rings is 1.